The van der Waals surface area contributed by atoms with Crippen molar-refractivity contribution in [3.63, 3.8) is 0 Å². The second kappa shape index (κ2) is 7.04. The first-order valence-corrected chi connectivity index (χ1v) is 7.91. The van der Waals surface area contributed by atoms with Gasteiger partial charge in [0, 0.05) is 31.1 Å². The highest BCUT2D eigenvalue weighted by molar-refractivity contribution is 9.10. The van der Waals surface area contributed by atoms with Crippen molar-refractivity contribution in [2.45, 2.75) is 26.1 Å². The van der Waals surface area contributed by atoms with E-state index < -0.39 is 23.7 Å². The molecular weight excluding hydrogens is 382 g/mol. The highest BCUT2D eigenvalue weighted by atomic mass is 79.9. The molecule has 0 amide bonds. The fourth-order valence-corrected chi connectivity index (χ4v) is 2.50. The van der Waals surface area contributed by atoms with Crippen molar-refractivity contribution in [1.82, 2.24) is 5.32 Å². The molecule has 1 heterocycles. The van der Waals surface area contributed by atoms with E-state index in [0.717, 1.165) is 10.0 Å². The van der Waals surface area contributed by atoms with Gasteiger partial charge in [0.25, 0.3) is 5.79 Å². The highest BCUT2D eigenvalue weighted by Gasteiger charge is 2.38. The Morgan fingerprint density at radius 1 is 1.29 bits per heavy atom. The number of rotatable bonds is 5. The maximum Gasteiger partial charge on any atom is 0.350 e. The van der Waals surface area contributed by atoms with Crippen LogP contribution in [-0.4, -0.2) is 35.3 Å². The molecule has 0 aliphatic carbocycles. The van der Waals surface area contributed by atoms with Crippen molar-refractivity contribution in [2.75, 3.05) is 6.54 Å². The lowest BCUT2D eigenvalue weighted by molar-refractivity contribution is -0.222. The van der Waals surface area contributed by atoms with E-state index in [1.807, 2.05) is 0 Å². The molecule has 8 heteroatoms. The summed E-state index contributed by atoms with van der Waals surface area (Å²) in [5.74, 6) is -3.78. The van der Waals surface area contributed by atoms with Crippen molar-refractivity contribution in [3.8, 4) is 0 Å². The van der Waals surface area contributed by atoms with Gasteiger partial charge in [-0.2, -0.15) is 0 Å². The molecule has 0 unspecified atom stereocenters. The molecule has 2 N–H and O–H groups in total. The number of aromatic carboxylic acids is 1. The van der Waals surface area contributed by atoms with Crippen LogP contribution < -0.4 is 5.32 Å². The first-order valence-electron chi connectivity index (χ1n) is 7.11. The molecule has 1 aromatic carbocycles. The largest absolute Gasteiger partial charge is 0.478 e. The minimum absolute atomic E-state index is 0.188. The zero-order valence-corrected chi connectivity index (χ0v) is 14.7. The molecule has 1 aliphatic rings. The van der Waals surface area contributed by atoms with Crippen molar-refractivity contribution < 1.29 is 29.0 Å². The summed E-state index contributed by atoms with van der Waals surface area (Å²) in [5, 5.41) is 11.8. The van der Waals surface area contributed by atoms with Gasteiger partial charge in [0.1, 0.15) is 0 Å². The van der Waals surface area contributed by atoms with Crippen molar-refractivity contribution in [2.24, 2.45) is 0 Å². The summed E-state index contributed by atoms with van der Waals surface area (Å²) < 4.78 is 10.7. The molecule has 0 bridgehead atoms. The third-order valence-electron chi connectivity index (χ3n) is 3.19. The van der Waals surface area contributed by atoms with Gasteiger partial charge in [0.2, 0.25) is 0 Å². The Balaban J connectivity index is 1.98. The van der Waals surface area contributed by atoms with Gasteiger partial charge in [0.15, 0.2) is 5.57 Å². The summed E-state index contributed by atoms with van der Waals surface area (Å²) in [6.45, 7) is 3.33. The van der Waals surface area contributed by atoms with Crippen LogP contribution in [0.25, 0.3) is 0 Å². The number of carbonyl (C=O) groups excluding carboxylic acids is 2. The normalized spacial score (nSPS) is 16.2. The fourth-order valence-electron chi connectivity index (χ4n) is 2.06. The summed E-state index contributed by atoms with van der Waals surface area (Å²) in [5.41, 5.74) is 0.761. The summed E-state index contributed by atoms with van der Waals surface area (Å²) in [7, 11) is 0. The Labute approximate surface area is 146 Å². The number of hydrogen-bond acceptors (Lipinski definition) is 6. The predicted octanol–water partition coefficient (Wildman–Crippen LogP) is 2.00. The van der Waals surface area contributed by atoms with E-state index in [9.17, 15) is 14.4 Å². The molecule has 7 nitrogen and oxygen atoms in total. The monoisotopic (exact) mass is 397 g/mol. The third kappa shape index (κ3) is 4.35. The second-order valence-corrected chi connectivity index (χ2v) is 6.41. The molecule has 1 aromatic rings. The number of halogens is 1. The molecule has 1 saturated heterocycles. The van der Waals surface area contributed by atoms with E-state index in [1.165, 1.54) is 26.1 Å². The maximum absolute atomic E-state index is 11.8. The average molecular weight is 398 g/mol. The van der Waals surface area contributed by atoms with Crippen molar-refractivity contribution in [1.29, 1.82) is 0 Å². The van der Waals surface area contributed by atoms with Gasteiger partial charge in [-0.1, -0.05) is 15.9 Å². The zero-order valence-electron chi connectivity index (χ0n) is 13.1. The molecule has 0 aromatic heterocycles. The Hall–Kier alpha value is -2.35. The molecule has 1 aliphatic heterocycles. The van der Waals surface area contributed by atoms with Crippen LogP contribution >= 0.6 is 15.9 Å². The number of cyclic esters (lactones) is 2. The lowest BCUT2D eigenvalue weighted by Crippen LogP contribution is -2.42. The number of carboxylic acid groups (broad SMARTS) is 1. The molecule has 0 saturated carbocycles. The van der Waals surface area contributed by atoms with Crippen LogP contribution in [0.1, 0.15) is 29.8 Å². The van der Waals surface area contributed by atoms with Crippen LogP contribution in [0.5, 0.6) is 0 Å². The predicted molar refractivity (Wildman–Crippen MR) is 87.2 cm³/mol. The van der Waals surface area contributed by atoms with E-state index in [1.54, 1.807) is 12.1 Å². The Bertz CT molecular complexity index is 703. The third-order valence-corrected chi connectivity index (χ3v) is 3.97. The van der Waals surface area contributed by atoms with Crippen LogP contribution in [0.4, 0.5) is 0 Å². The minimum Gasteiger partial charge on any atom is -0.478 e. The quantitative estimate of drug-likeness (QED) is 0.339. The van der Waals surface area contributed by atoms with E-state index in [0.29, 0.717) is 13.0 Å². The Morgan fingerprint density at radius 3 is 2.50 bits per heavy atom. The van der Waals surface area contributed by atoms with E-state index in [4.69, 9.17) is 14.6 Å². The Morgan fingerprint density at radius 2 is 1.92 bits per heavy atom. The number of ether oxygens (including phenoxy) is 2. The van der Waals surface area contributed by atoms with Crippen molar-refractivity contribution in [3.05, 3.63) is 45.6 Å². The average Bonchev–Trinajstić information content (AvgIpc) is 2.45. The lowest BCUT2D eigenvalue weighted by Gasteiger charge is -2.29. The molecule has 1 fully saturated rings. The van der Waals surface area contributed by atoms with Crippen LogP contribution in [0.15, 0.2) is 34.4 Å². The minimum atomic E-state index is -1.27. The second-order valence-electron chi connectivity index (χ2n) is 5.55. The molecule has 0 spiro atoms. The van der Waals surface area contributed by atoms with E-state index in [2.05, 4.69) is 21.2 Å². The molecule has 2 rings (SSSR count). The molecular formula is C16H16BrNO6. The number of carbonyl (C=O) groups is 3. The maximum atomic E-state index is 11.8. The van der Waals surface area contributed by atoms with Gasteiger partial charge >= 0.3 is 17.9 Å². The number of benzene rings is 1. The van der Waals surface area contributed by atoms with Crippen LogP contribution in [0.2, 0.25) is 0 Å². The number of carboxylic acids is 1. The molecule has 128 valence electrons. The van der Waals surface area contributed by atoms with Crippen molar-refractivity contribution >= 4 is 33.8 Å². The summed E-state index contributed by atoms with van der Waals surface area (Å²) in [6, 6.07) is 4.73. The highest BCUT2D eigenvalue weighted by Crippen LogP contribution is 2.22. The number of esters is 2. The van der Waals surface area contributed by atoms with Crippen LogP contribution in [0.3, 0.4) is 0 Å². The van der Waals surface area contributed by atoms with Gasteiger partial charge < -0.3 is 19.9 Å². The van der Waals surface area contributed by atoms with Crippen LogP contribution in [0, 0.1) is 0 Å². The SMILES string of the molecule is CC1(C)OC(=O)C(=CNCCc2cc(C(=O)O)ccc2Br)C(=O)O1. The summed E-state index contributed by atoms with van der Waals surface area (Å²) in [6.07, 6.45) is 1.73. The van der Waals surface area contributed by atoms with Gasteiger partial charge in [-0.05, 0) is 30.2 Å². The molecule has 24 heavy (non-hydrogen) atoms. The van der Waals surface area contributed by atoms with Gasteiger partial charge in [0.05, 0.1) is 5.56 Å². The van der Waals surface area contributed by atoms with Gasteiger partial charge in [-0.15, -0.1) is 0 Å². The van der Waals surface area contributed by atoms with Crippen LogP contribution in [-0.2, 0) is 25.5 Å². The van der Waals surface area contributed by atoms with E-state index in [-0.39, 0.29) is 11.1 Å². The van der Waals surface area contributed by atoms with Gasteiger partial charge in [-0.3, -0.25) is 0 Å². The standard InChI is InChI=1S/C16H16BrNO6/c1-16(2)23-14(21)11(15(22)24-16)8-18-6-5-9-7-10(13(19)20)3-4-12(9)17/h3-4,7-8,18H,5-6H2,1-2H3,(H,19,20). The van der Waals surface area contributed by atoms with E-state index >= 15 is 0 Å². The number of nitrogens with one attached hydrogen (secondary N) is 1. The zero-order chi connectivity index (χ0) is 17.9. The Kier molecular flexibility index (Phi) is 5.28. The fraction of sp³-hybridized carbons (Fsp3) is 0.312. The number of hydrogen-bond donors (Lipinski definition) is 2. The summed E-state index contributed by atoms with van der Waals surface area (Å²) >= 11 is 3.36. The molecule has 0 radical (unpaired) electrons. The molecule has 0 atom stereocenters. The first-order chi connectivity index (χ1) is 11.2. The smallest absolute Gasteiger partial charge is 0.350 e. The van der Waals surface area contributed by atoms with Gasteiger partial charge in [-0.25, -0.2) is 14.4 Å². The topological polar surface area (TPSA) is 102 Å². The first kappa shape index (κ1) is 18.0. The summed E-state index contributed by atoms with van der Waals surface area (Å²) in [4.78, 5) is 34.5. The lowest BCUT2D eigenvalue weighted by atomic mass is 10.1.